The van der Waals surface area contributed by atoms with Crippen LogP contribution in [0.4, 0.5) is 15.2 Å². The van der Waals surface area contributed by atoms with E-state index >= 15 is 0 Å². The first-order chi connectivity index (χ1) is 12.2. The summed E-state index contributed by atoms with van der Waals surface area (Å²) in [5.74, 6) is -0.579. The Morgan fingerprint density at radius 1 is 1.20 bits per heavy atom. The Morgan fingerprint density at radius 2 is 2.08 bits per heavy atom. The second-order valence-corrected chi connectivity index (χ2v) is 8.18. The maximum Gasteiger partial charge on any atom is 0.234 e. The Labute approximate surface area is 156 Å². The van der Waals surface area contributed by atoms with Crippen LogP contribution < -0.4 is 10.6 Å². The molecule has 1 amide bonds. The lowest BCUT2D eigenvalue weighted by molar-refractivity contribution is -0.113. The minimum absolute atomic E-state index is 0.151. The molecule has 2 heterocycles. The minimum Gasteiger partial charge on any atom is -0.360 e. The van der Waals surface area contributed by atoms with E-state index in [1.807, 2.05) is 6.07 Å². The predicted octanol–water partition coefficient (Wildman–Crippen LogP) is 4.12. The number of thiophene rings is 1. The van der Waals surface area contributed by atoms with Gasteiger partial charge in [-0.25, -0.2) is 4.39 Å². The molecule has 0 fully saturated rings. The summed E-state index contributed by atoms with van der Waals surface area (Å²) in [5, 5.41) is 16.7. The molecule has 0 unspecified atom stereocenters. The molecule has 1 aromatic carbocycles. The number of carbonyl (C=O) groups excluding carboxylic acids is 1. The molecule has 130 valence electrons. The molecular weight excluding hydrogens is 379 g/mol. The Morgan fingerprint density at radius 3 is 2.88 bits per heavy atom. The first-order valence-corrected chi connectivity index (χ1v) is 10.2. The average molecular weight is 395 g/mol. The van der Waals surface area contributed by atoms with Crippen molar-refractivity contribution >= 4 is 51.2 Å². The third kappa shape index (κ3) is 5.52. The maximum atomic E-state index is 13.5. The smallest absolute Gasteiger partial charge is 0.234 e. The van der Waals surface area contributed by atoms with E-state index in [-0.39, 0.29) is 17.3 Å². The highest BCUT2D eigenvalue weighted by atomic mass is 32.2. The predicted molar refractivity (Wildman–Crippen MR) is 102 cm³/mol. The number of anilines is 2. The molecule has 2 aromatic heterocycles. The summed E-state index contributed by atoms with van der Waals surface area (Å²) in [7, 11) is 0. The SMILES string of the molecule is O=C(CSc1nnc(NCCc2cccs2)s1)Nc1ccccc1F. The lowest BCUT2D eigenvalue weighted by atomic mass is 10.3. The summed E-state index contributed by atoms with van der Waals surface area (Å²) in [4.78, 5) is 13.2. The summed E-state index contributed by atoms with van der Waals surface area (Å²) < 4.78 is 14.2. The van der Waals surface area contributed by atoms with Crippen molar-refractivity contribution in [3.8, 4) is 0 Å². The fraction of sp³-hybridized carbons (Fsp3) is 0.188. The van der Waals surface area contributed by atoms with Crippen molar-refractivity contribution in [3.63, 3.8) is 0 Å². The quantitative estimate of drug-likeness (QED) is 0.563. The fourth-order valence-corrected chi connectivity index (χ4v) is 4.25. The van der Waals surface area contributed by atoms with Gasteiger partial charge in [-0.3, -0.25) is 4.79 Å². The van der Waals surface area contributed by atoms with E-state index in [1.54, 1.807) is 23.5 Å². The van der Waals surface area contributed by atoms with E-state index in [9.17, 15) is 9.18 Å². The first-order valence-electron chi connectivity index (χ1n) is 7.47. The van der Waals surface area contributed by atoms with Crippen molar-refractivity contribution in [2.75, 3.05) is 22.9 Å². The molecule has 5 nitrogen and oxygen atoms in total. The second kappa shape index (κ2) is 8.93. The van der Waals surface area contributed by atoms with Gasteiger partial charge in [0.25, 0.3) is 0 Å². The topological polar surface area (TPSA) is 66.9 Å². The van der Waals surface area contributed by atoms with Gasteiger partial charge in [0.15, 0.2) is 4.34 Å². The third-order valence-corrected chi connectivity index (χ3v) is 6.06. The fourth-order valence-electron chi connectivity index (χ4n) is 1.96. The molecular formula is C16H15FN4OS3. The number of carbonyl (C=O) groups is 1. The molecule has 3 aromatic rings. The van der Waals surface area contributed by atoms with E-state index in [2.05, 4.69) is 32.3 Å². The van der Waals surface area contributed by atoms with Gasteiger partial charge in [0, 0.05) is 11.4 Å². The number of amides is 1. The highest BCUT2D eigenvalue weighted by Crippen LogP contribution is 2.25. The van der Waals surface area contributed by atoms with Crippen molar-refractivity contribution in [1.29, 1.82) is 0 Å². The third-order valence-electron chi connectivity index (χ3n) is 3.11. The number of para-hydroxylation sites is 1. The van der Waals surface area contributed by atoms with Gasteiger partial charge in [-0.15, -0.1) is 21.5 Å². The van der Waals surface area contributed by atoms with Gasteiger partial charge in [-0.05, 0) is 30.0 Å². The number of nitrogens with zero attached hydrogens (tertiary/aromatic N) is 2. The number of thioether (sulfide) groups is 1. The van der Waals surface area contributed by atoms with Crippen molar-refractivity contribution in [3.05, 3.63) is 52.5 Å². The van der Waals surface area contributed by atoms with Crippen molar-refractivity contribution in [2.45, 2.75) is 10.8 Å². The van der Waals surface area contributed by atoms with Crippen LogP contribution in [-0.2, 0) is 11.2 Å². The zero-order chi connectivity index (χ0) is 17.5. The standard InChI is InChI=1S/C16H15FN4OS3/c17-12-5-1-2-6-13(12)19-14(22)10-24-16-21-20-15(25-16)18-8-7-11-4-3-9-23-11/h1-6,9H,7-8,10H2,(H,18,20)(H,19,22). The second-order valence-electron chi connectivity index (χ2n) is 4.95. The first kappa shape index (κ1) is 17.8. The number of nitrogens with one attached hydrogen (secondary N) is 2. The number of benzene rings is 1. The number of halogens is 1. The van der Waals surface area contributed by atoms with Gasteiger partial charge in [0.1, 0.15) is 5.82 Å². The van der Waals surface area contributed by atoms with Gasteiger partial charge in [-0.2, -0.15) is 0 Å². The van der Waals surface area contributed by atoms with E-state index in [1.165, 1.54) is 40.1 Å². The Kier molecular flexibility index (Phi) is 6.37. The van der Waals surface area contributed by atoms with Crippen LogP contribution in [0, 0.1) is 5.82 Å². The lowest BCUT2D eigenvalue weighted by Gasteiger charge is -2.04. The van der Waals surface area contributed by atoms with Gasteiger partial charge in [-0.1, -0.05) is 41.3 Å². The summed E-state index contributed by atoms with van der Waals surface area (Å²) in [6.07, 6.45) is 0.935. The van der Waals surface area contributed by atoms with Crippen LogP contribution in [0.15, 0.2) is 46.1 Å². The monoisotopic (exact) mass is 394 g/mol. The molecule has 3 rings (SSSR count). The molecule has 9 heteroatoms. The van der Waals surface area contributed by atoms with Crippen LogP contribution in [0.3, 0.4) is 0 Å². The molecule has 0 aliphatic carbocycles. The molecule has 0 aliphatic rings. The normalized spacial score (nSPS) is 10.6. The number of hydrogen-bond acceptors (Lipinski definition) is 7. The molecule has 0 spiro atoms. The summed E-state index contributed by atoms with van der Waals surface area (Å²) in [6, 6.07) is 10.2. The average Bonchev–Trinajstić information content (AvgIpc) is 3.27. The van der Waals surface area contributed by atoms with Gasteiger partial charge >= 0.3 is 0 Å². The van der Waals surface area contributed by atoms with Crippen molar-refractivity contribution in [1.82, 2.24) is 10.2 Å². The van der Waals surface area contributed by atoms with Crippen LogP contribution in [0.25, 0.3) is 0 Å². The molecule has 0 saturated carbocycles. The highest BCUT2D eigenvalue weighted by molar-refractivity contribution is 8.01. The Hall–Kier alpha value is -1.97. The molecule has 0 aliphatic heterocycles. The zero-order valence-electron chi connectivity index (χ0n) is 13.1. The van der Waals surface area contributed by atoms with Crippen molar-refractivity contribution in [2.24, 2.45) is 0 Å². The van der Waals surface area contributed by atoms with Crippen LogP contribution in [0.5, 0.6) is 0 Å². The minimum atomic E-state index is -0.450. The largest absolute Gasteiger partial charge is 0.360 e. The Balaban J connectivity index is 1.42. The molecule has 25 heavy (non-hydrogen) atoms. The van der Waals surface area contributed by atoms with Crippen LogP contribution in [-0.4, -0.2) is 28.4 Å². The molecule has 2 N–H and O–H groups in total. The van der Waals surface area contributed by atoms with Crippen LogP contribution in [0.2, 0.25) is 0 Å². The summed E-state index contributed by atoms with van der Waals surface area (Å²) in [5.41, 5.74) is 0.182. The maximum absolute atomic E-state index is 13.5. The van der Waals surface area contributed by atoms with Crippen molar-refractivity contribution < 1.29 is 9.18 Å². The van der Waals surface area contributed by atoms with Gasteiger partial charge in [0.05, 0.1) is 11.4 Å². The van der Waals surface area contributed by atoms with Gasteiger partial charge in [0.2, 0.25) is 11.0 Å². The van der Waals surface area contributed by atoms with E-state index in [0.29, 0.717) is 4.34 Å². The Bertz CT molecular complexity index is 822. The van der Waals surface area contributed by atoms with E-state index in [0.717, 1.165) is 18.1 Å². The summed E-state index contributed by atoms with van der Waals surface area (Å²) in [6.45, 7) is 0.785. The highest BCUT2D eigenvalue weighted by Gasteiger charge is 2.10. The van der Waals surface area contributed by atoms with Crippen LogP contribution in [0.1, 0.15) is 4.88 Å². The number of aromatic nitrogens is 2. The van der Waals surface area contributed by atoms with Crippen LogP contribution >= 0.6 is 34.4 Å². The van der Waals surface area contributed by atoms with E-state index in [4.69, 9.17) is 0 Å². The van der Waals surface area contributed by atoms with Gasteiger partial charge < -0.3 is 10.6 Å². The molecule has 0 bridgehead atoms. The van der Waals surface area contributed by atoms with E-state index < -0.39 is 5.82 Å². The zero-order valence-corrected chi connectivity index (χ0v) is 15.5. The number of rotatable bonds is 8. The summed E-state index contributed by atoms with van der Waals surface area (Å²) >= 11 is 4.41. The lowest BCUT2D eigenvalue weighted by Crippen LogP contribution is -2.14. The molecule has 0 atom stereocenters. The molecule has 0 saturated heterocycles. The molecule has 0 radical (unpaired) electrons. The number of hydrogen-bond donors (Lipinski definition) is 2.